The minimum Gasteiger partial charge on any atom is -0.494 e. The zero-order valence-corrected chi connectivity index (χ0v) is 14.5. The predicted octanol–water partition coefficient (Wildman–Crippen LogP) is 4.91. The summed E-state index contributed by atoms with van der Waals surface area (Å²) in [6.07, 6.45) is 2.21. The highest BCUT2D eigenvalue weighted by atomic mass is 16.5. The normalized spacial score (nSPS) is 10.5. The van der Waals surface area contributed by atoms with Crippen molar-refractivity contribution in [3.8, 4) is 11.5 Å². The van der Waals surface area contributed by atoms with Crippen LogP contribution in [0.25, 0.3) is 0 Å². The Bertz CT molecular complexity index is 650. The fourth-order valence-corrected chi connectivity index (χ4v) is 2.15. The second-order valence-corrected chi connectivity index (χ2v) is 5.87. The molecule has 0 aliphatic rings. The van der Waals surface area contributed by atoms with Crippen LogP contribution < -0.4 is 14.8 Å². The topological polar surface area (TPSA) is 47.6 Å². The molecule has 0 unspecified atom stereocenters. The molecule has 2 aromatic carbocycles. The molecule has 0 fully saturated rings. The van der Waals surface area contributed by atoms with Crippen LogP contribution in [-0.2, 0) is 0 Å². The summed E-state index contributed by atoms with van der Waals surface area (Å²) in [5.74, 6) is 1.34. The summed E-state index contributed by atoms with van der Waals surface area (Å²) in [7, 11) is 0. The molecule has 128 valence electrons. The molecule has 1 amide bonds. The monoisotopic (exact) mass is 327 g/mol. The lowest BCUT2D eigenvalue weighted by Gasteiger charge is -2.11. The third-order valence-electron chi connectivity index (χ3n) is 3.35. The van der Waals surface area contributed by atoms with Crippen molar-refractivity contribution in [1.29, 1.82) is 0 Å². The summed E-state index contributed by atoms with van der Waals surface area (Å²) in [6, 6.07) is 14.6. The minimum atomic E-state index is -0.163. The Morgan fingerprint density at radius 3 is 2.50 bits per heavy atom. The van der Waals surface area contributed by atoms with Crippen LogP contribution in [0.5, 0.6) is 11.5 Å². The molecule has 2 aromatic rings. The lowest BCUT2D eigenvalue weighted by molar-refractivity contribution is 0.102. The van der Waals surface area contributed by atoms with Crippen LogP contribution in [0.4, 0.5) is 5.69 Å². The maximum absolute atomic E-state index is 12.3. The highest BCUT2D eigenvalue weighted by Crippen LogP contribution is 2.19. The Hall–Kier alpha value is -2.49. The van der Waals surface area contributed by atoms with Gasteiger partial charge < -0.3 is 14.8 Å². The van der Waals surface area contributed by atoms with Gasteiger partial charge in [0.1, 0.15) is 11.5 Å². The van der Waals surface area contributed by atoms with Crippen LogP contribution in [0.3, 0.4) is 0 Å². The van der Waals surface area contributed by atoms with Gasteiger partial charge in [-0.05, 0) is 62.7 Å². The van der Waals surface area contributed by atoms with Gasteiger partial charge in [-0.25, -0.2) is 0 Å². The standard InChI is InChI=1S/C20H25NO3/c1-4-5-13-23-18-11-9-17(10-12-18)21-20(22)16-7-6-8-19(14-16)24-15(2)3/h6-12,14-15H,4-5,13H2,1-3H3,(H,21,22). The zero-order valence-electron chi connectivity index (χ0n) is 14.5. The number of carbonyl (C=O) groups is 1. The van der Waals surface area contributed by atoms with Crippen molar-refractivity contribution >= 4 is 11.6 Å². The van der Waals surface area contributed by atoms with Crippen LogP contribution in [0.15, 0.2) is 48.5 Å². The Kier molecular flexibility index (Phi) is 6.67. The van der Waals surface area contributed by atoms with E-state index in [1.165, 1.54) is 0 Å². The number of amides is 1. The smallest absolute Gasteiger partial charge is 0.255 e. The van der Waals surface area contributed by atoms with Crippen molar-refractivity contribution in [2.45, 2.75) is 39.7 Å². The third kappa shape index (κ3) is 5.61. The molecule has 4 nitrogen and oxygen atoms in total. The third-order valence-corrected chi connectivity index (χ3v) is 3.35. The molecular formula is C20H25NO3. The van der Waals surface area contributed by atoms with E-state index >= 15 is 0 Å². The largest absolute Gasteiger partial charge is 0.494 e. The highest BCUT2D eigenvalue weighted by molar-refractivity contribution is 6.04. The summed E-state index contributed by atoms with van der Waals surface area (Å²) in [6.45, 7) is 6.75. The lowest BCUT2D eigenvalue weighted by atomic mass is 10.2. The first-order chi connectivity index (χ1) is 11.6. The average Bonchev–Trinajstić information content (AvgIpc) is 2.56. The van der Waals surface area contributed by atoms with Crippen LogP contribution in [0.2, 0.25) is 0 Å². The van der Waals surface area contributed by atoms with Gasteiger partial charge in [0.05, 0.1) is 12.7 Å². The Labute approximate surface area is 143 Å². The van der Waals surface area contributed by atoms with Crippen molar-refractivity contribution in [2.24, 2.45) is 0 Å². The van der Waals surface area contributed by atoms with Gasteiger partial charge in [-0.15, -0.1) is 0 Å². The average molecular weight is 327 g/mol. The van der Waals surface area contributed by atoms with Crippen molar-refractivity contribution < 1.29 is 14.3 Å². The van der Waals surface area contributed by atoms with Gasteiger partial charge in [0, 0.05) is 11.3 Å². The molecule has 0 atom stereocenters. The molecule has 24 heavy (non-hydrogen) atoms. The van der Waals surface area contributed by atoms with Crippen molar-refractivity contribution in [3.05, 3.63) is 54.1 Å². The Balaban J connectivity index is 1.96. The van der Waals surface area contributed by atoms with Gasteiger partial charge in [0.15, 0.2) is 0 Å². The van der Waals surface area contributed by atoms with Crippen molar-refractivity contribution in [3.63, 3.8) is 0 Å². The predicted molar refractivity (Wildman–Crippen MR) is 97.0 cm³/mol. The number of anilines is 1. The summed E-state index contributed by atoms with van der Waals surface area (Å²) >= 11 is 0. The first-order valence-corrected chi connectivity index (χ1v) is 8.39. The SMILES string of the molecule is CCCCOc1ccc(NC(=O)c2cccc(OC(C)C)c2)cc1. The second-order valence-electron chi connectivity index (χ2n) is 5.87. The fourth-order valence-electron chi connectivity index (χ4n) is 2.15. The number of hydrogen-bond donors (Lipinski definition) is 1. The lowest BCUT2D eigenvalue weighted by Crippen LogP contribution is -2.12. The number of unbranched alkanes of at least 4 members (excludes halogenated alkanes) is 1. The van der Waals surface area contributed by atoms with Gasteiger partial charge in [0.25, 0.3) is 5.91 Å². The van der Waals surface area contributed by atoms with Crippen molar-refractivity contribution in [2.75, 3.05) is 11.9 Å². The summed E-state index contributed by atoms with van der Waals surface area (Å²) in [5.41, 5.74) is 1.30. The molecular weight excluding hydrogens is 302 g/mol. The molecule has 2 rings (SSSR count). The van der Waals surface area contributed by atoms with E-state index in [0.29, 0.717) is 17.9 Å². The minimum absolute atomic E-state index is 0.0727. The van der Waals surface area contributed by atoms with Crippen LogP contribution in [0, 0.1) is 0 Å². The number of carbonyl (C=O) groups excluding carboxylic acids is 1. The highest BCUT2D eigenvalue weighted by Gasteiger charge is 2.08. The first-order valence-electron chi connectivity index (χ1n) is 8.39. The van der Waals surface area contributed by atoms with Crippen LogP contribution in [0.1, 0.15) is 44.0 Å². The quantitative estimate of drug-likeness (QED) is 0.701. The maximum atomic E-state index is 12.3. The molecule has 0 bridgehead atoms. The van der Waals surface area contributed by atoms with Gasteiger partial charge in [0.2, 0.25) is 0 Å². The van der Waals surface area contributed by atoms with Crippen LogP contribution >= 0.6 is 0 Å². The first kappa shape index (κ1) is 17.9. The van der Waals surface area contributed by atoms with Crippen LogP contribution in [-0.4, -0.2) is 18.6 Å². The molecule has 0 saturated carbocycles. The summed E-state index contributed by atoms with van der Waals surface area (Å²) < 4.78 is 11.2. The van der Waals surface area contributed by atoms with E-state index in [4.69, 9.17) is 9.47 Å². The number of hydrogen-bond acceptors (Lipinski definition) is 3. The molecule has 0 saturated heterocycles. The molecule has 0 heterocycles. The number of ether oxygens (including phenoxy) is 2. The zero-order chi connectivity index (χ0) is 17.4. The van der Waals surface area contributed by atoms with E-state index in [1.54, 1.807) is 12.1 Å². The van der Waals surface area contributed by atoms with E-state index in [2.05, 4.69) is 12.2 Å². The van der Waals surface area contributed by atoms with E-state index in [0.717, 1.165) is 24.3 Å². The number of rotatable bonds is 8. The number of nitrogens with one attached hydrogen (secondary N) is 1. The summed E-state index contributed by atoms with van der Waals surface area (Å²) in [4.78, 5) is 12.3. The summed E-state index contributed by atoms with van der Waals surface area (Å²) in [5, 5.41) is 2.88. The Morgan fingerprint density at radius 2 is 1.83 bits per heavy atom. The van der Waals surface area contributed by atoms with E-state index < -0.39 is 0 Å². The molecule has 0 spiro atoms. The van der Waals surface area contributed by atoms with E-state index in [-0.39, 0.29) is 12.0 Å². The molecule has 0 aliphatic heterocycles. The second kappa shape index (κ2) is 8.96. The number of benzene rings is 2. The molecule has 0 radical (unpaired) electrons. The fraction of sp³-hybridized carbons (Fsp3) is 0.350. The van der Waals surface area contributed by atoms with Gasteiger partial charge >= 0.3 is 0 Å². The van der Waals surface area contributed by atoms with Gasteiger partial charge in [-0.1, -0.05) is 19.4 Å². The molecule has 0 aromatic heterocycles. The van der Waals surface area contributed by atoms with Gasteiger partial charge in [-0.2, -0.15) is 0 Å². The molecule has 1 N–H and O–H groups in total. The van der Waals surface area contributed by atoms with E-state index in [1.807, 2.05) is 50.2 Å². The van der Waals surface area contributed by atoms with Gasteiger partial charge in [-0.3, -0.25) is 4.79 Å². The van der Waals surface area contributed by atoms with E-state index in [9.17, 15) is 4.79 Å². The molecule has 4 heteroatoms. The maximum Gasteiger partial charge on any atom is 0.255 e. The Morgan fingerprint density at radius 1 is 1.08 bits per heavy atom. The molecule has 0 aliphatic carbocycles. The van der Waals surface area contributed by atoms with Crippen molar-refractivity contribution in [1.82, 2.24) is 0 Å².